The lowest BCUT2D eigenvalue weighted by molar-refractivity contribution is 1.62. The first kappa shape index (κ1) is 24.3. The molecule has 0 fully saturated rings. The lowest BCUT2D eigenvalue weighted by atomic mass is 9.81. The van der Waals surface area contributed by atoms with Crippen molar-refractivity contribution in [3.8, 4) is 44.5 Å². The van der Waals surface area contributed by atoms with Crippen molar-refractivity contribution in [2.45, 2.75) is 0 Å². The summed E-state index contributed by atoms with van der Waals surface area (Å²) in [5, 5.41) is 7.61. The van der Waals surface area contributed by atoms with Crippen molar-refractivity contribution in [3.05, 3.63) is 170 Å². The fourth-order valence-corrected chi connectivity index (χ4v) is 6.67. The summed E-state index contributed by atoms with van der Waals surface area (Å²) in [6, 6.07) is 61.7. The molecule has 0 spiro atoms. The third kappa shape index (κ3) is 3.92. The molecule has 0 amide bonds. The quantitative estimate of drug-likeness (QED) is 0.198. The highest BCUT2D eigenvalue weighted by Gasteiger charge is 2.21. The van der Waals surface area contributed by atoms with E-state index >= 15 is 0 Å². The van der Waals surface area contributed by atoms with Gasteiger partial charge >= 0.3 is 0 Å². The highest BCUT2D eigenvalue weighted by atomic mass is 14.2. The van der Waals surface area contributed by atoms with Gasteiger partial charge in [0.2, 0.25) is 0 Å². The van der Waals surface area contributed by atoms with Gasteiger partial charge in [-0.2, -0.15) is 0 Å². The van der Waals surface area contributed by atoms with Crippen molar-refractivity contribution in [2.24, 2.45) is 0 Å². The molecule has 0 saturated heterocycles. The summed E-state index contributed by atoms with van der Waals surface area (Å²) in [4.78, 5) is 0. The van der Waals surface area contributed by atoms with E-state index in [1.165, 1.54) is 76.8 Å². The fourth-order valence-electron chi connectivity index (χ4n) is 6.67. The van der Waals surface area contributed by atoms with E-state index in [1.54, 1.807) is 0 Å². The van der Waals surface area contributed by atoms with Crippen molar-refractivity contribution < 1.29 is 0 Å². The summed E-state index contributed by atoms with van der Waals surface area (Å²) in [5.41, 5.74) is 10.1. The molecule has 42 heavy (non-hydrogen) atoms. The minimum absolute atomic E-state index is 1.22. The third-order valence-corrected chi connectivity index (χ3v) is 8.47. The summed E-state index contributed by atoms with van der Waals surface area (Å²) >= 11 is 0. The van der Waals surface area contributed by atoms with Crippen LogP contribution in [0, 0.1) is 0 Å². The molecule has 0 bridgehead atoms. The monoisotopic (exact) mass is 532 g/mol. The van der Waals surface area contributed by atoms with E-state index in [4.69, 9.17) is 0 Å². The Morgan fingerprint density at radius 2 is 0.595 bits per heavy atom. The van der Waals surface area contributed by atoms with Crippen molar-refractivity contribution in [1.82, 2.24) is 0 Å². The van der Waals surface area contributed by atoms with Gasteiger partial charge in [0, 0.05) is 0 Å². The van der Waals surface area contributed by atoms with E-state index in [0.29, 0.717) is 0 Å². The molecule has 0 aliphatic rings. The zero-order valence-corrected chi connectivity index (χ0v) is 23.2. The van der Waals surface area contributed by atoms with Crippen LogP contribution in [0.15, 0.2) is 170 Å². The number of benzene rings is 8. The first-order chi connectivity index (χ1) is 20.9. The minimum Gasteiger partial charge on any atom is -0.0622 e. The van der Waals surface area contributed by atoms with Gasteiger partial charge in [-0.3, -0.25) is 0 Å². The first-order valence-corrected chi connectivity index (χ1v) is 14.5. The van der Waals surface area contributed by atoms with Gasteiger partial charge in [0.05, 0.1) is 0 Å². The summed E-state index contributed by atoms with van der Waals surface area (Å²) in [6.07, 6.45) is 0. The van der Waals surface area contributed by atoms with E-state index in [9.17, 15) is 0 Å². The zero-order valence-electron chi connectivity index (χ0n) is 23.2. The van der Waals surface area contributed by atoms with Crippen LogP contribution < -0.4 is 0 Å². The Morgan fingerprint density at radius 3 is 1.14 bits per heavy atom. The maximum absolute atomic E-state index is 2.33. The predicted molar refractivity (Wildman–Crippen MR) is 181 cm³/mol. The number of hydrogen-bond acceptors (Lipinski definition) is 0. The largest absolute Gasteiger partial charge is 0.0622 e. The molecule has 0 aliphatic heterocycles. The van der Waals surface area contributed by atoms with Gasteiger partial charge in [-0.05, 0) is 76.8 Å². The van der Waals surface area contributed by atoms with Gasteiger partial charge in [0.25, 0.3) is 0 Å². The Labute approximate surface area is 246 Å². The number of fused-ring (bicyclic) bond motifs is 3. The predicted octanol–water partition coefficient (Wildman–Crippen LogP) is 11.8. The second kappa shape index (κ2) is 10.2. The maximum atomic E-state index is 2.33. The second-order valence-corrected chi connectivity index (χ2v) is 10.8. The van der Waals surface area contributed by atoms with Crippen molar-refractivity contribution >= 4 is 32.3 Å². The summed E-state index contributed by atoms with van der Waals surface area (Å²) in [7, 11) is 0. The van der Waals surface area contributed by atoms with Gasteiger partial charge in [-0.1, -0.05) is 170 Å². The van der Waals surface area contributed by atoms with E-state index in [0.717, 1.165) is 0 Å². The Morgan fingerprint density at radius 1 is 0.190 bits per heavy atom. The maximum Gasteiger partial charge on any atom is -0.00139 e. The standard InChI is InChI=1S/C42H28/c1-4-15-29(16-5-1)32-25-14-26-35-34(32)28-27-33(30-17-6-2-7-18-30)41(35)42-38-23-12-10-21-36(38)40(31-19-8-3-9-20-31)37-22-11-13-24-39(37)42/h1-28H. The van der Waals surface area contributed by atoms with E-state index in [2.05, 4.69) is 170 Å². The van der Waals surface area contributed by atoms with Crippen LogP contribution in [0.2, 0.25) is 0 Å². The molecule has 0 nitrogen and oxygen atoms in total. The van der Waals surface area contributed by atoms with Crippen LogP contribution in [0.4, 0.5) is 0 Å². The van der Waals surface area contributed by atoms with Crippen LogP contribution in [0.1, 0.15) is 0 Å². The van der Waals surface area contributed by atoms with Crippen LogP contribution in [0.25, 0.3) is 76.8 Å². The van der Waals surface area contributed by atoms with Gasteiger partial charge in [0.15, 0.2) is 0 Å². The zero-order chi connectivity index (χ0) is 27.9. The molecule has 0 aliphatic carbocycles. The average Bonchev–Trinajstić information content (AvgIpc) is 3.07. The lowest BCUT2D eigenvalue weighted by Crippen LogP contribution is -1.94. The van der Waals surface area contributed by atoms with E-state index < -0.39 is 0 Å². The molecule has 0 atom stereocenters. The highest BCUT2D eigenvalue weighted by Crippen LogP contribution is 2.49. The van der Waals surface area contributed by atoms with Crippen LogP contribution in [0.3, 0.4) is 0 Å². The van der Waals surface area contributed by atoms with E-state index in [1.807, 2.05) is 0 Å². The molecule has 8 aromatic carbocycles. The molecule has 8 aromatic rings. The smallest absolute Gasteiger partial charge is 0.00139 e. The summed E-state index contributed by atoms with van der Waals surface area (Å²) < 4.78 is 0. The normalized spacial score (nSPS) is 11.3. The molecule has 0 heterocycles. The van der Waals surface area contributed by atoms with Gasteiger partial charge in [-0.15, -0.1) is 0 Å². The molecule has 0 aromatic heterocycles. The van der Waals surface area contributed by atoms with Crippen molar-refractivity contribution in [1.29, 1.82) is 0 Å². The van der Waals surface area contributed by atoms with Crippen LogP contribution >= 0.6 is 0 Å². The molecule has 0 radical (unpaired) electrons. The van der Waals surface area contributed by atoms with Crippen molar-refractivity contribution in [2.75, 3.05) is 0 Å². The first-order valence-electron chi connectivity index (χ1n) is 14.5. The molecule has 0 heteroatoms. The molecular weight excluding hydrogens is 504 g/mol. The highest BCUT2D eigenvalue weighted by molar-refractivity contribution is 6.25. The topological polar surface area (TPSA) is 0 Å². The summed E-state index contributed by atoms with van der Waals surface area (Å²) in [6.45, 7) is 0. The summed E-state index contributed by atoms with van der Waals surface area (Å²) in [5.74, 6) is 0. The molecule has 0 saturated carbocycles. The Kier molecular flexibility index (Phi) is 5.90. The lowest BCUT2D eigenvalue weighted by Gasteiger charge is -2.22. The van der Waals surface area contributed by atoms with Crippen LogP contribution in [-0.4, -0.2) is 0 Å². The second-order valence-electron chi connectivity index (χ2n) is 10.8. The van der Waals surface area contributed by atoms with E-state index in [-0.39, 0.29) is 0 Å². The molecule has 196 valence electrons. The molecule has 8 rings (SSSR count). The van der Waals surface area contributed by atoms with Gasteiger partial charge < -0.3 is 0 Å². The minimum atomic E-state index is 1.22. The molecule has 0 unspecified atom stereocenters. The van der Waals surface area contributed by atoms with Crippen molar-refractivity contribution in [3.63, 3.8) is 0 Å². The fraction of sp³-hybridized carbons (Fsp3) is 0. The van der Waals surface area contributed by atoms with Gasteiger partial charge in [-0.25, -0.2) is 0 Å². The molecule has 0 N–H and O–H groups in total. The van der Waals surface area contributed by atoms with Crippen LogP contribution in [-0.2, 0) is 0 Å². The number of rotatable bonds is 4. The number of hydrogen-bond donors (Lipinski definition) is 0. The van der Waals surface area contributed by atoms with Crippen LogP contribution in [0.5, 0.6) is 0 Å². The molecular formula is C42H28. The SMILES string of the molecule is c1ccc(-c2ccc3c(-c4ccccc4)cccc3c2-c2c3ccccc3c(-c3ccccc3)c3ccccc23)cc1. The third-order valence-electron chi connectivity index (χ3n) is 8.47. The Balaban J connectivity index is 1.58. The van der Waals surface area contributed by atoms with Gasteiger partial charge in [0.1, 0.15) is 0 Å². The average molecular weight is 533 g/mol. The Bertz CT molecular complexity index is 2150. The Hall–Kier alpha value is -5.46.